The van der Waals surface area contributed by atoms with E-state index in [1.165, 1.54) is 18.6 Å². The van der Waals surface area contributed by atoms with Gasteiger partial charge in [0.1, 0.15) is 0 Å². The molecule has 0 aliphatic carbocycles. The maximum Gasteiger partial charge on any atom is 0.417 e. The quantitative estimate of drug-likeness (QED) is 0.651. The number of piperidine rings is 1. The van der Waals surface area contributed by atoms with Crippen LogP contribution in [0.3, 0.4) is 0 Å². The number of nitrogens with zero attached hydrogens (tertiary/aromatic N) is 1. The number of halogens is 4. The number of likely N-dealkylation sites (tertiary alicyclic amines) is 1. The van der Waals surface area contributed by atoms with Crippen LogP contribution in [-0.4, -0.2) is 29.6 Å². The van der Waals surface area contributed by atoms with Crippen LogP contribution in [0.1, 0.15) is 63.0 Å². The molecular weight excluding hydrogens is 351 g/mol. The molecule has 2 unspecified atom stereocenters. The first kappa shape index (κ1) is 20.5. The Labute approximate surface area is 153 Å². The molecule has 2 atom stereocenters. The van der Waals surface area contributed by atoms with Gasteiger partial charge in [-0.25, -0.2) is 0 Å². The van der Waals surface area contributed by atoms with Crippen molar-refractivity contribution in [3.8, 4) is 0 Å². The van der Waals surface area contributed by atoms with E-state index >= 15 is 0 Å². The highest BCUT2D eigenvalue weighted by Crippen LogP contribution is 2.41. The summed E-state index contributed by atoms with van der Waals surface area (Å²) < 4.78 is 39.4. The highest BCUT2D eigenvalue weighted by Gasteiger charge is 2.40. The van der Waals surface area contributed by atoms with Gasteiger partial charge in [0.05, 0.1) is 16.2 Å². The van der Waals surface area contributed by atoms with Gasteiger partial charge < -0.3 is 10.0 Å². The first-order valence-electron chi connectivity index (χ1n) is 8.97. The van der Waals surface area contributed by atoms with Gasteiger partial charge in [-0.05, 0) is 44.0 Å². The number of rotatable bonds is 6. The highest BCUT2D eigenvalue weighted by atomic mass is 35.5. The summed E-state index contributed by atoms with van der Waals surface area (Å²) in [5.41, 5.74) is -1.79. The predicted molar refractivity (Wildman–Crippen MR) is 94.8 cm³/mol. The molecule has 1 saturated heterocycles. The van der Waals surface area contributed by atoms with E-state index in [1.807, 2.05) is 7.05 Å². The lowest BCUT2D eigenvalue weighted by Crippen LogP contribution is -2.47. The summed E-state index contributed by atoms with van der Waals surface area (Å²) in [6, 6.07) is 3.96. The Balaban J connectivity index is 2.17. The van der Waals surface area contributed by atoms with Crippen molar-refractivity contribution in [3.63, 3.8) is 0 Å². The van der Waals surface area contributed by atoms with E-state index in [0.717, 1.165) is 31.7 Å². The third-order valence-electron chi connectivity index (χ3n) is 5.27. The van der Waals surface area contributed by atoms with Gasteiger partial charge in [0.25, 0.3) is 0 Å². The zero-order chi connectivity index (χ0) is 18.7. The average molecular weight is 378 g/mol. The van der Waals surface area contributed by atoms with Gasteiger partial charge in [-0.1, -0.05) is 50.3 Å². The van der Waals surface area contributed by atoms with E-state index < -0.39 is 17.3 Å². The summed E-state index contributed by atoms with van der Waals surface area (Å²) in [6.07, 6.45) is 1.89. The lowest BCUT2D eigenvalue weighted by atomic mass is 9.79. The largest absolute Gasteiger partial charge is 0.417 e. The lowest BCUT2D eigenvalue weighted by Gasteiger charge is -2.43. The molecule has 2 nitrogen and oxygen atoms in total. The van der Waals surface area contributed by atoms with Crippen molar-refractivity contribution >= 4 is 11.6 Å². The molecule has 0 saturated carbocycles. The van der Waals surface area contributed by atoms with E-state index in [-0.39, 0.29) is 11.1 Å². The van der Waals surface area contributed by atoms with Crippen LogP contribution in [0.2, 0.25) is 5.02 Å². The van der Waals surface area contributed by atoms with Crippen molar-refractivity contribution in [1.29, 1.82) is 0 Å². The van der Waals surface area contributed by atoms with Gasteiger partial charge in [0, 0.05) is 12.6 Å². The van der Waals surface area contributed by atoms with Crippen LogP contribution in [0.25, 0.3) is 0 Å². The summed E-state index contributed by atoms with van der Waals surface area (Å²) in [5.74, 6) is 0. The number of hydrogen-bond acceptors (Lipinski definition) is 2. The summed E-state index contributed by atoms with van der Waals surface area (Å²) in [7, 11) is 2.02. The average Bonchev–Trinajstić information content (AvgIpc) is 2.54. The standard InChI is InChI=1S/C19H27ClF3NO/c1-3-4-5-6-7-15-13-18(25,10-11-24(15)2)14-8-9-17(20)16(12-14)19(21,22)23/h8-9,12,15,25H,3-7,10-11,13H2,1-2H3. The maximum absolute atomic E-state index is 13.1. The van der Waals surface area contributed by atoms with Gasteiger partial charge in [-0.2, -0.15) is 13.2 Å². The Hall–Kier alpha value is -0.780. The molecule has 25 heavy (non-hydrogen) atoms. The lowest BCUT2D eigenvalue weighted by molar-refractivity contribution is -0.137. The van der Waals surface area contributed by atoms with Crippen LogP contribution in [0.15, 0.2) is 18.2 Å². The van der Waals surface area contributed by atoms with Crippen molar-refractivity contribution in [3.05, 3.63) is 34.3 Å². The molecule has 1 N–H and O–H groups in total. The number of hydrogen-bond donors (Lipinski definition) is 1. The van der Waals surface area contributed by atoms with Crippen LogP contribution < -0.4 is 0 Å². The zero-order valence-electron chi connectivity index (χ0n) is 14.9. The van der Waals surface area contributed by atoms with Crippen LogP contribution >= 0.6 is 11.6 Å². The number of benzene rings is 1. The van der Waals surface area contributed by atoms with Crippen LogP contribution in [-0.2, 0) is 11.8 Å². The SMILES string of the molecule is CCCCCCC1CC(O)(c2ccc(Cl)c(C(F)(F)F)c2)CCN1C. The van der Waals surface area contributed by atoms with Crippen molar-refractivity contribution in [2.45, 2.75) is 69.7 Å². The maximum atomic E-state index is 13.1. The fraction of sp³-hybridized carbons (Fsp3) is 0.684. The van der Waals surface area contributed by atoms with Crippen molar-refractivity contribution in [2.75, 3.05) is 13.6 Å². The fourth-order valence-electron chi connectivity index (χ4n) is 3.61. The van der Waals surface area contributed by atoms with Gasteiger partial charge in [0.15, 0.2) is 0 Å². The number of aliphatic hydroxyl groups is 1. The molecule has 1 aliphatic heterocycles. The Bertz CT molecular complexity index is 578. The van der Waals surface area contributed by atoms with E-state index in [1.54, 1.807) is 0 Å². The van der Waals surface area contributed by atoms with E-state index in [4.69, 9.17) is 11.6 Å². The molecule has 6 heteroatoms. The van der Waals surface area contributed by atoms with Gasteiger partial charge in [0.2, 0.25) is 0 Å². The second-order valence-electron chi connectivity index (χ2n) is 7.16. The molecule has 0 amide bonds. The first-order chi connectivity index (χ1) is 11.7. The number of alkyl halides is 3. The second-order valence-corrected chi connectivity index (χ2v) is 7.57. The summed E-state index contributed by atoms with van der Waals surface area (Å²) in [4.78, 5) is 2.21. The van der Waals surface area contributed by atoms with Crippen LogP contribution in [0, 0.1) is 0 Å². The van der Waals surface area contributed by atoms with Crippen molar-refractivity contribution in [2.24, 2.45) is 0 Å². The Morgan fingerprint density at radius 2 is 2.00 bits per heavy atom. The molecule has 0 spiro atoms. The van der Waals surface area contributed by atoms with Gasteiger partial charge >= 0.3 is 6.18 Å². The summed E-state index contributed by atoms with van der Waals surface area (Å²) in [6.45, 7) is 2.82. The van der Waals surface area contributed by atoms with E-state index in [9.17, 15) is 18.3 Å². The fourth-order valence-corrected chi connectivity index (χ4v) is 3.84. The Morgan fingerprint density at radius 3 is 2.64 bits per heavy atom. The molecule has 1 fully saturated rings. The first-order valence-corrected chi connectivity index (χ1v) is 9.35. The molecule has 0 radical (unpaired) electrons. The summed E-state index contributed by atoms with van der Waals surface area (Å²) in [5, 5.41) is 10.7. The minimum Gasteiger partial charge on any atom is -0.385 e. The number of unbranched alkanes of at least 4 members (excludes halogenated alkanes) is 3. The minimum atomic E-state index is -4.52. The third kappa shape index (κ3) is 5.11. The summed E-state index contributed by atoms with van der Waals surface area (Å²) >= 11 is 5.71. The van der Waals surface area contributed by atoms with Crippen LogP contribution in [0.4, 0.5) is 13.2 Å². The van der Waals surface area contributed by atoms with Gasteiger partial charge in [-0.15, -0.1) is 0 Å². The molecule has 142 valence electrons. The highest BCUT2D eigenvalue weighted by molar-refractivity contribution is 6.31. The monoisotopic (exact) mass is 377 g/mol. The minimum absolute atomic E-state index is 0.181. The molecule has 0 aromatic heterocycles. The molecule has 0 bridgehead atoms. The molecule has 1 heterocycles. The Morgan fingerprint density at radius 1 is 1.28 bits per heavy atom. The second kappa shape index (κ2) is 8.28. The van der Waals surface area contributed by atoms with Crippen LogP contribution in [0.5, 0.6) is 0 Å². The molecule has 1 aromatic rings. The Kier molecular flexibility index (Phi) is 6.80. The predicted octanol–water partition coefficient (Wildman–Crippen LogP) is 5.61. The zero-order valence-corrected chi connectivity index (χ0v) is 15.6. The van der Waals surface area contributed by atoms with E-state index in [0.29, 0.717) is 24.9 Å². The normalized spacial score (nSPS) is 25.3. The van der Waals surface area contributed by atoms with Crippen molar-refractivity contribution < 1.29 is 18.3 Å². The van der Waals surface area contributed by atoms with Crippen molar-refractivity contribution in [1.82, 2.24) is 4.90 Å². The van der Waals surface area contributed by atoms with E-state index in [2.05, 4.69) is 11.8 Å². The van der Waals surface area contributed by atoms with Gasteiger partial charge in [-0.3, -0.25) is 0 Å². The molecular formula is C19H27ClF3NO. The molecule has 2 rings (SSSR count). The molecule has 1 aliphatic rings. The smallest absolute Gasteiger partial charge is 0.385 e. The topological polar surface area (TPSA) is 23.5 Å². The third-order valence-corrected chi connectivity index (χ3v) is 5.60. The molecule has 1 aromatic carbocycles.